The number of carbonyl (C=O) groups is 1. The number of nitrogens with one attached hydrogen (secondary N) is 1. The van der Waals surface area contributed by atoms with Crippen LogP contribution in [0.2, 0.25) is 0 Å². The van der Waals surface area contributed by atoms with E-state index in [0.29, 0.717) is 12.5 Å². The number of rotatable bonds is 5. The molecule has 0 aliphatic heterocycles. The number of benzene rings is 3. The molecule has 0 spiro atoms. The van der Waals surface area contributed by atoms with Gasteiger partial charge in [0.15, 0.2) is 0 Å². The monoisotopic (exact) mass is 467 g/mol. The van der Waals surface area contributed by atoms with Gasteiger partial charge in [-0.15, -0.1) is 0 Å². The van der Waals surface area contributed by atoms with Crippen LogP contribution in [0.3, 0.4) is 0 Å². The molecule has 0 saturated heterocycles. The molecule has 4 nitrogen and oxygen atoms in total. The molecule has 1 N–H and O–H groups in total. The number of carbonyl (C=O) groups excluding carboxylic acids is 1. The number of anilines is 1. The molecule has 35 heavy (non-hydrogen) atoms. The molecule has 1 heterocycles. The average molecular weight is 468 g/mol. The van der Waals surface area contributed by atoms with E-state index in [4.69, 9.17) is 0 Å². The molecule has 0 radical (unpaired) electrons. The largest absolute Gasteiger partial charge is 0.322 e. The van der Waals surface area contributed by atoms with Crippen molar-refractivity contribution >= 4 is 22.6 Å². The number of amides is 2. The molecule has 0 bridgehead atoms. The molecule has 1 aromatic heterocycles. The summed E-state index contributed by atoms with van der Waals surface area (Å²) >= 11 is 0. The van der Waals surface area contributed by atoms with E-state index >= 15 is 0 Å². The Kier molecular flexibility index (Phi) is 6.75. The minimum Gasteiger partial charge on any atom is -0.317 e. The maximum absolute atomic E-state index is 14.0. The Morgan fingerprint density at radius 2 is 1.71 bits per heavy atom. The second-order valence-corrected chi connectivity index (χ2v) is 9.48. The van der Waals surface area contributed by atoms with Crippen molar-refractivity contribution in [2.45, 2.75) is 51.1 Å². The van der Waals surface area contributed by atoms with E-state index in [-0.39, 0.29) is 17.9 Å². The van der Waals surface area contributed by atoms with Crippen LogP contribution >= 0.6 is 0 Å². The van der Waals surface area contributed by atoms with E-state index < -0.39 is 0 Å². The maximum atomic E-state index is 14.0. The van der Waals surface area contributed by atoms with E-state index in [1.165, 1.54) is 6.07 Å². The summed E-state index contributed by atoms with van der Waals surface area (Å²) in [7, 11) is 0. The number of nitrogens with zero attached hydrogens (tertiary/aromatic N) is 2. The third-order valence-electron chi connectivity index (χ3n) is 7.07. The van der Waals surface area contributed by atoms with Gasteiger partial charge in [-0.25, -0.2) is 9.18 Å². The van der Waals surface area contributed by atoms with E-state index in [1.54, 1.807) is 12.1 Å². The van der Waals surface area contributed by atoms with Crippen molar-refractivity contribution in [2.24, 2.45) is 0 Å². The summed E-state index contributed by atoms with van der Waals surface area (Å²) < 4.78 is 14.0. The second-order valence-electron chi connectivity index (χ2n) is 9.48. The molecule has 5 heteroatoms. The predicted molar refractivity (Wildman–Crippen MR) is 139 cm³/mol. The summed E-state index contributed by atoms with van der Waals surface area (Å²) in [5.41, 5.74) is 5.06. The molecule has 0 unspecified atom stereocenters. The van der Waals surface area contributed by atoms with Crippen LogP contribution in [0.25, 0.3) is 10.9 Å². The van der Waals surface area contributed by atoms with E-state index in [0.717, 1.165) is 59.0 Å². The van der Waals surface area contributed by atoms with Crippen LogP contribution < -0.4 is 5.32 Å². The van der Waals surface area contributed by atoms with Crippen LogP contribution in [0.15, 0.2) is 85.1 Å². The van der Waals surface area contributed by atoms with Crippen molar-refractivity contribution in [2.75, 3.05) is 5.32 Å². The molecule has 2 amide bonds. The molecule has 178 valence electrons. The van der Waals surface area contributed by atoms with Crippen molar-refractivity contribution in [1.82, 2.24) is 9.88 Å². The lowest BCUT2D eigenvalue weighted by atomic mass is 9.80. The lowest BCUT2D eigenvalue weighted by molar-refractivity contribution is 0.158. The Labute approximate surface area is 205 Å². The van der Waals surface area contributed by atoms with Crippen LogP contribution in [-0.4, -0.2) is 22.0 Å². The van der Waals surface area contributed by atoms with E-state index in [2.05, 4.69) is 22.4 Å². The minimum absolute atomic E-state index is 0.0717. The van der Waals surface area contributed by atoms with Crippen molar-refractivity contribution in [3.8, 4) is 0 Å². The first-order valence-corrected chi connectivity index (χ1v) is 12.3. The Hall–Kier alpha value is -3.73. The van der Waals surface area contributed by atoms with E-state index in [9.17, 15) is 9.18 Å². The first kappa shape index (κ1) is 23.0. The van der Waals surface area contributed by atoms with Gasteiger partial charge in [0.2, 0.25) is 0 Å². The van der Waals surface area contributed by atoms with Crippen molar-refractivity contribution < 1.29 is 9.18 Å². The highest BCUT2D eigenvalue weighted by Crippen LogP contribution is 2.38. The molecule has 3 aromatic carbocycles. The first-order valence-electron chi connectivity index (χ1n) is 12.3. The van der Waals surface area contributed by atoms with Crippen LogP contribution in [-0.2, 0) is 6.54 Å². The van der Waals surface area contributed by atoms with Gasteiger partial charge in [0, 0.05) is 29.9 Å². The normalized spacial score (nSPS) is 17.8. The quantitative estimate of drug-likeness (QED) is 0.331. The third-order valence-corrected chi connectivity index (χ3v) is 7.07. The summed E-state index contributed by atoms with van der Waals surface area (Å²) in [5.74, 6) is 0.0968. The summed E-state index contributed by atoms with van der Waals surface area (Å²) in [6, 6.07) is 24.9. The molecular formula is C30H30FN3O. The van der Waals surface area contributed by atoms with Gasteiger partial charge in [-0.1, -0.05) is 48.0 Å². The second kappa shape index (κ2) is 10.3. The Balaban J connectivity index is 1.34. The van der Waals surface area contributed by atoms with Crippen molar-refractivity contribution in [3.05, 3.63) is 108 Å². The Bertz CT molecular complexity index is 1300. The number of hydrogen-bond acceptors (Lipinski definition) is 2. The third kappa shape index (κ3) is 5.35. The number of hydrogen-bond donors (Lipinski definition) is 1. The molecule has 1 aliphatic rings. The Morgan fingerprint density at radius 3 is 2.46 bits per heavy atom. The first-order chi connectivity index (χ1) is 17.1. The molecule has 0 atom stereocenters. The number of aryl methyl sites for hydroxylation is 1. The van der Waals surface area contributed by atoms with Gasteiger partial charge >= 0.3 is 6.03 Å². The zero-order chi connectivity index (χ0) is 24.2. The summed E-state index contributed by atoms with van der Waals surface area (Å²) in [4.78, 5) is 19.8. The van der Waals surface area contributed by atoms with Gasteiger partial charge in [0.05, 0.1) is 5.52 Å². The van der Waals surface area contributed by atoms with Gasteiger partial charge in [-0.05, 0) is 86.1 Å². The number of urea groups is 1. The smallest absolute Gasteiger partial charge is 0.317 e. The van der Waals surface area contributed by atoms with Gasteiger partial charge in [0.25, 0.3) is 0 Å². The highest BCUT2D eigenvalue weighted by atomic mass is 19.1. The molecule has 1 saturated carbocycles. The fourth-order valence-corrected chi connectivity index (χ4v) is 5.17. The fourth-order valence-electron chi connectivity index (χ4n) is 5.17. The van der Waals surface area contributed by atoms with Crippen molar-refractivity contribution in [3.63, 3.8) is 0 Å². The zero-order valence-corrected chi connectivity index (χ0v) is 20.0. The number of fused-ring (bicyclic) bond motifs is 1. The standard InChI is InChI=1S/C30H30FN3O/c1-21-7-12-25(13-8-21)33-30(35)34(20-22-5-3-2-4-6-22)26-14-9-23(10-15-26)27-17-18-32-29-16-11-24(31)19-28(27)29/h2-8,11-13,16-19,23,26H,9-10,14-15,20H2,1H3,(H,33,35). The predicted octanol–water partition coefficient (Wildman–Crippen LogP) is 7.44. The highest BCUT2D eigenvalue weighted by molar-refractivity contribution is 5.89. The van der Waals surface area contributed by atoms with Gasteiger partial charge in [0.1, 0.15) is 5.82 Å². The highest BCUT2D eigenvalue weighted by Gasteiger charge is 2.30. The number of aromatic nitrogens is 1. The molecule has 1 aliphatic carbocycles. The zero-order valence-electron chi connectivity index (χ0n) is 20.0. The fraction of sp³-hybridized carbons (Fsp3) is 0.267. The van der Waals surface area contributed by atoms with Crippen LogP contribution in [0.1, 0.15) is 48.3 Å². The minimum atomic E-state index is -0.234. The maximum Gasteiger partial charge on any atom is 0.322 e. The van der Waals surface area contributed by atoms with Crippen LogP contribution in [0.4, 0.5) is 14.9 Å². The molecule has 4 aromatic rings. The molecule has 1 fully saturated rings. The number of halogens is 1. The summed E-state index contributed by atoms with van der Waals surface area (Å²) in [6.07, 6.45) is 5.51. The molecule has 5 rings (SSSR count). The van der Waals surface area contributed by atoms with Crippen LogP contribution in [0, 0.1) is 12.7 Å². The number of pyridine rings is 1. The average Bonchev–Trinajstić information content (AvgIpc) is 2.89. The van der Waals surface area contributed by atoms with Gasteiger partial charge in [-0.3, -0.25) is 4.98 Å². The SMILES string of the molecule is Cc1ccc(NC(=O)N(Cc2ccccc2)C2CCC(c3ccnc4ccc(F)cc34)CC2)cc1. The summed E-state index contributed by atoms with van der Waals surface area (Å²) in [6.45, 7) is 2.60. The summed E-state index contributed by atoms with van der Waals surface area (Å²) in [5, 5.41) is 3.99. The Morgan fingerprint density at radius 1 is 0.971 bits per heavy atom. The molecular weight excluding hydrogens is 437 g/mol. The lowest BCUT2D eigenvalue weighted by Gasteiger charge is -2.37. The van der Waals surface area contributed by atoms with E-state index in [1.807, 2.05) is 66.6 Å². The van der Waals surface area contributed by atoms with Crippen molar-refractivity contribution in [1.29, 1.82) is 0 Å². The van der Waals surface area contributed by atoms with Gasteiger partial charge in [-0.2, -0.15) is 0 Å². The van der Waals surface area contributed by atoms with Gasteiger partial charge < -0.3 is 10.2 Å². The topological polar surface area (TPSA) is 45.2 Å². The lowest BCUT2D eigenvalue weighted by Crippen LogP contribution is -2.44. The van der Waals surface area contributed by atoms with Crippen LogP contribution in [0.5, 0.6) is 0 Å².